The highest BCUT2D eigenvalue weighted by Crippen LogP contribution is 2.23. The molecule has 0 amide bonds. The average Bonchev–Trinajstić information content (AvgIpc) is 2.41. The van der Waals surface area contributed by atoms with E-state index < -0.39 is 0 Å². The van der Waals surface area contributed by atoms with Crippen LogP contribution in [0.3, 0.4) is 0 Å². The fourth-order valence-corrected chi connectivity index (χ4v) is 3.43. The van der Waals surface area contributed by atoms with Crippen LogP contribution in [0.4, 0.5) is 0 Å². The Bertz CT molecular complexity index is 594. The van der Waals surface area contributed by atoms with Gasteiger partial charge < -0.3 is 0 Å². The summed E-state index contributed by atoms with van der Waals surface area (Å²) in [7, 11) is 0. The van der Waals surface area contributed by atoms with Gasteiger partial charge in [0.1, 0.15) is 0 Å². The molecule has 112 valence electrons. The molecule has 0 aliphatic heterocycles. The minimum atomic E-state index is 0.435. The molecule has 0 aromatic heterocycles. The molecule has 0 radical (unpaired) electrons. The van der Waals surface area contributed by atoms with Gasteiger partial charge in [-0.1, -0.05) is 41.4 Å². The first kappa shape index (κ1) is 16.4. The van der Waals surface area contributed by atoms with Crippen molar-refractivity contribution in [3.05, 3.63) is 69.2 Å². The van der Waals surface area contributed by atoms with Gasteiger partial charge in [0.15, 0.2) is 0 Å². The summed E-state index contributed by atoms with van der Waals surface area (Å²) in [5, 5.41) is 0.795. The van der Waals surface area contributed by atoms with Crippen LogP contribution in [0.1, 0.15) is 27.8 Å². The first-order chi connectivity index (χ1) is 9.99. The Morgan fingerprint density at radius 2 is 1.62 bits per heavy atom. The molecule has 0 bridgehead atoms. The van der Waals surface area contributed by atoms with E-state index in [1.165, 1.54) is 27.8 Å². The number of benzene rings is 2. The van der Waals surface area contributed by atoms with Crippen molar-refractivity contribution in [2.75, 3.05) is 5.88 Å². The Morgan fingerprint density at radius 1 is 0.952 bits per heavy atom. The third-order valence-corrected chi connectivity index (χ3v) is 4.64. The van der Waals surface area contributed by atoms with Crippen molar-refractivity contribution in [2.24, 2.45) is 5.92 Å². The zero-order valence-corrected chi connectivity index (χ0v) is 14.4. The summed E-state index contributed by atoms with van der Waals surface area (Å²) < 4.78 is 0. The summed E-state index contributed by atoms with van der Waals surface area (Å²) in [6.45, 7) is 6.54. The van der Waals surface area contributed by atoms with Crippen LogP contribution in [0.15, 0.2) is 36.4 Å². The molecule has 21 heavy (non-hydrogen) atoms. The molecule has 0 saturated carbocycles. The molecule has 0 fully saturated rings. The number of alkyl halides is 1. The topological polar surface area (TPSA) is 0 Å². The maximum atomic E-state index is 6.21. The van der Waals surface area contributed by atoms with E-state index >= 15 is 0 Å². The van der Waals surface area contributed by atoms with Gasteiger partial charge in [-0.15, -0.1) is 11.6 Å². The Morgan fingerprint density at radius 3 is 2.19 bits per heavy atom. The lowest BCUT2D eigenvalue weighted by molar-refractivity contribution is 0.580. The maximum Gasteiger partial charge on any atom is 0.0408 e. The van der Waals surface area contributed by atoms with E-state index in [1.807, 2.05) is 18.2 Å². The van der Waals surface area contributed by atoms with E-state index in [-0.39, 0.29) is 0 Å². The quantitative estimate of drug-likeness (QED) is 0.601. The standard InChI is InChI=1S/C19H22Cl2/c1-13-7-14(2)19(15(3)8-13)11-17(12-20)9-16-5-4-6-18(21)10-16/h4-8,10,17H,9,11-12H2,1-3H3. The van der Waals surface area contributed by atoms with Crippen LogP contribution in [-0.4, -0.2) is 5.88 Å². The minimum Gasteiger partial charge on any atom is -0.126 e. The smallest absolute Gasteiger partial charge is 0.0408 e. The molecule has 2 aromatic carbocycles. The lowest BCUT2D eigenvalue weighted by Crippen LogP contribution is -2.12. The number of halogens is 2. The molecule has 0 spiro atoms. The Kier molecular flexibility index (Phi) is 5.72. The second-order valence-corrected chi connectivity index (χ2v) is 6.68. The number of hydrogen-bond donors (Lipinski definition) is 0. The summed E-state index contributed by atoms with van der Waals surface area (Å²) in [5.74, 6) is 1.10. The fraction of sp³-hybridized carbons (Fsp3) is 0.368. The summed E-state index contributed by atoms with van der Waals surface area (Å²) in [6.07, 6.45) is 1.99. The molecule has 0 nitrogen and oxygen atoms in total. The zero-order valence-electron chi connectivity index (χ0n) is 12.9. The molecule has 0 heterocycles. The lowest BCUT2D eigenvalue weighted by atomic mass is 9.89. The zero-order chi connectivity index (χ0) is 15.4. The number of rotatable bonds is 5. The van der Waals surface area contributed by atoms with Crippen molar-refractivity contribution in [3.8, 4) is 0 Å². The van der Waals surface area contributed by atoms with Crippen molar-refractivity contribution >= 4 is 23.2 Å². The van der Waals surface area contributed by atoms with Crippen LogP contribution in [0, 0.1) is 26.7 Å². The van der Waals surface area contributed by atoms with E-state index in [4.69, 9.17) is 23.2 Å². The van der Waals surface area contributed by atoms with Crippen molar-refractivity contribution in [2.45, 2.75) is 33.6 Å². The Hall–Kier alpha value is -0.980. The molecule has 0 aliphatic rings. The largest absolute Gasteiger partial charge is 0.126 e. The summed E-state index contributed by atoms with van der Waals surface area (Å²) in [5.41, 5.74) is 6.76. The lowest BCUT2D eigenvalue weighted by Gasteiger charge is -2.18. The maximum absolute atomic E-state index is 6.21. The van der Waals surface area contributed by atoms with Crippen LogP contribution in [0.5, 0.6) is 0 Å². The monoisotopic (exact) mass is 320 g/mol. The Labute approximate surface area is 138 Å². The fourth-order valence-electron chi connectivity index (χ4n) is 3.00. The van der Waals surface area contributed by atoms with Gasteiger partial charge >= 0.3 is 0 Å². The average molecular weight is 321 g/mol. The number of hydrogen-bond acceptors (Lipinski definition) is 0. The van der Waals surface area contributed by atoms with E-state index in [1.54, 1.807) is 0 Å². The van der Waals surface area contributed by atoms with Gasteiger partial charge in [0, 0.05) is 10.9 Å². The van der Waals surface area contributed by atoms with Crippen molar-refractivity contribution in [1.82, 2.24) is 0 Å². The van der Waals surface area contributed by atoms with Crippen molar-refractivity contribution < 1.29 is 0 Å². The van der Waals surface area contributed by atoms with E-state index in [0.29, 0.717) is 11.8 Å². The van der Waals surface area contributed by atoms with Crippen molar-refractivity contribution in [3.63, 3.8) is 0 Å². The van der Waals surface area contributed by atoms with Crippen LogP contribution >= 0.6 is 23.2 Å². The van der Waals surface area contributed by atoms with Gasteiger partial charge in [0.2, 0.25) is 0 Å². The van der Waals surface area contributed by atoms with E-state index in [0.717, 1.165) is 17.9 Å². The first-order valence-electron chi connectivity index (χ1n) is 7.36. The van der Waals surface area contributed by atoms with Crippen LogP contribution < -0.4 is 0 Å². The van der Waals surface area contributed by atoms with Crippen LogP contribution in [0.2, 0.25) is 5.02 Å². The Balaban J connectivity index is 2.16. The highest BCUT2D eigenvalue weighted by molar-refractivity contribution is 6.30. The van der Waals surface area contributed by atoms with Crippen molar-refractivity contribution in [1.29, 1.82) is 0 Å². The normalized spacial score (nSPS) is 12.4. The van der Waals surface area contributed by atoms with E-state index in [2.05, 4.69) is 39.0 Å². The molecule has 0 saturated heterocycles. The number of aryl methyl sites for hydroxylation is 3. The van der Waals surface area contributed by atoms with Gasteiger partial charge in [-0.05, 0) is 73.9 Å². The molecule has 2 rings (SSSR count). The van der Waals surface area contributed by atoms with Gasteiger partial charge in [-0.3, -0.25) is 0 Å². The minimum absolute atomic E-state index is 0.435. The summed E-state index contributed by atoms with van der Waals surface area (Å²) in [4.78, 5) is 0. The van der Waals surface area contributed by atoms with Crippen LogP contribution in [0.25, 0.3) is 0 Å². The SMILES string of the molecule is Cc1cc(C)c(CC(CCl)Cc2cccc(Cl)c2)c(C)c1. The predicted octanol–water partition coefficient (Wildman–Crippen LogP) is 5.91. The molecule has 2 aromatic rings. The van der Waals surface area contributed by atoms with Gasteiger partial charge in [-0.2, -0.15) is 0 Å². The molecule has 0 aliphatic carbocycles. The second-order valence-electron chi connectivity index (χ2n) is 5.94. The van der Waals surface area contributed by atoms with Gasteiger partial charge in [0.25, 0.3) is 0 Å². The molecule has 0 N–H and O–H groups in total. The summed E-state index contributed by atoms with van der Waals surface area (Å²) >= 11 is 12.3. The molecule has 1 atom stereocenters. The first-order valence-corrected chi connectivity index (χ1v) is 8.28. The van der Waals surface area contributed by atoms with Gasteiger partial charge in [0.05, 0.1) is 0 Å². The predicted molar refractivity (Wildman–Crippen MR) is 93.7 cm³/mol. The third kappa shape index (κ3) is 4.49. The second kappa shape index (κ2) is 7.33. The van der Waals surface area contributed by atoms with Gasteiger partial charge in [-0.25, -0.2) is 0 Å². The molecule has 2 heteroatoms. The molecule has 1 unspecified atom stereocenters. The van der Waals surface area contributed by atoms with E-state index in [9.17, 15) is 0 Å². The molecular formula is C19H22Cl2. The third-order valence-electron chi connectivity index (χ3n) is 3.96. The highest BCUT2D eigenvalue weighted by atomic mass is 35.5. The summed E-state index contributed by atoms with van der Waals surface area (Å²) in [6, 6.07) is 12.6. The molecular weight excluding hydrogens is 299 g/mol. The van der Waals surface area contributed by atoms with Crippen LogP contribution in [-0.2, 0) is 12.8 Å². The highest BCUT2D eigenvalue weighted by Gasteiger charge is 2.13.